The molecule has 114 valence electrons. The summed E-state index contributed by atoms with van der Waals surface area (Å²) in [5.74, 6) is 0. The number of hydrogen-bond donors (Lipinski definition) is 0. The van der Waals surface area contributed by atoms with Gasteiger partial charge in [0.2, 0.25) is 0 Å². The van der Waals surface area contributed by atoms with E-state index in [-0.39, 0.29) is 44.6 Å². The van der Waals surface area contributed by atoms with Crippen LogP contribution in [0.3, 0.4) is 0 Å². The molecule has 0 heterocycles. The maximum Gasteiger partial charge on any atom is 0 e. The first kappa shape index (κ1) is 51.7. The Kier molecular flexibility index (Phi) is 192. The molecule has 0 aliphatic heterocycles. The fraction of sp³-hybridized carbons (Fsp3) is 0.500. The average Bonchev–Trinajstić information content (AvgIpc) is 2.15. The summed E-state index contributed by atoms with van der Waals surface area (Å²) in [5.41, 5.74) is 5.73. The first-order chi connectivity index (χ1) is 5.91. The van der Waals surface area contributed by atoms with Crippen molar-refractivity contribution in [1.29, 1.82) is 0 Å². The van der Waals surface area contributed by atoms with E-state index in [1.807, 2.05) is 18.2 Å². The Balaban J connectivity index is -0.0000000198. The molecular formula is C16H36I2. The maximum atomic E-state index is 3.53. The number of rotatable bonds is 3. The van der Waals surface area contributed by atoms with Crippen molar-refractivity contribution in [2.24, 2.45) is 0 Å². The molecular weight excluding hydrogens is 446 g/mol. The summed E-state index contributed by atoms with van der Waals surface area (Å²) < 4.78 is 0. The van der Waals surface area contributed by atoms with Gasteiger partial charge in [-0.2, -0.15) is 0 Å². The monoisotopic (exact) mass is 482 g/mol. The second-order valence-electron chi connectivity index (χ2n) is 1.69. The van der Waals surface area contributed by atoms with E-state index in [1.54, 1.807) is 12.2 Å². The quantitative estimate of drug-likeness (QED) is 0.215. The fourth-order valence-corrected chi connectivity index (χ4v) is 0.391. The lowest BCUT2D eigenvalue weighted by molar-refractivity contribution is 1.23. The minimum absolute atomic E-state index is 0. The minimum atomic E-state index is 0. The first-order valence-electron chi connectivity index (χ1n) is 3.49. The smallest absolute Gasteiger partial charge is 0 e. The Morgan fingerprint density at radius 3 is 1.67 bits per heavy atom. The summed E-state index contributed by atoms with van der Waals surface area (Å²) in [5, 5.41) is 0. The van der Waals surface area contributed by atoms with Crippen molar-refractivity contribution >= 4 is 37.2 Å². The van der Waals surface area contributed by atoms with Crippen molar-refractivity contribution < 1.29 is 0 Å². The lowest BCUT2D eigenvalue weighted by atomic mass is 10.4. The van der Waals surface area contributed by atoms with E-state index >= 15 is 0 Å². The van der Waals surface area contributed by atoms with Crippen LogP contribution in [-0.2, 0) is 0 Å². The fourth-order valence-electron chi connectivity index (χ4n) is 0.391. The highest BCUT2D eigenvalue weighted by molar-refractivity contribution is 15.0. The zero-order chi connectivity index (χ0) is 9.66. The van der Waals surface area contributed by atoms with Crippen molar-refractivity contribution in [3.63, 3.8) is 0 Å². The molecule has 0 aromatic rings. The molecule has 0 bridgehead atoms. The van der Waals surface area contributed by atoms with Crippen LogP contribution in [0.2, 0.25) is 0 Å². The van der Waals surface area contributed by atoms with E-state index in [0.717, 1.165) is 6.42 Å². The van der Waals surface area contributed by atoms with Crippen LogP contribution in [0, 0.1) is 0 Å². The summed E-state index contributed by atoms with van der Waals surface area (Å²) in [4.78, 5) is 0. The van der Waals surface area contributed by atoms with Gasteiger partial charge in [-0.15, -0.1) is 0 Å². The Labute approximate surface area is 142 Å². The van der Waals surface area contributed by atoms with Gasteiger partial charge in [-0.25, -0.2) is 0 Å². The molecule has 0 amide bonds. The third-order valence-electron chi connectivity index (χ3n) is 0.816. The largest absolute Gasteiger partial charge is 0.0991 e. The van der Waals surface area contributed by atoms with Gasteiger partial charge in [-0.3, -0.25) is 0 Å². The Morgan fingerprint density at radius 2 is 1.33 bits per heavy atom. The lowest BCUT2D eigenvalue weighted by Crippen LogP contribution is -1.44. The Bertz CT molecular complexity index is 203. The molecule has 0 unspecified atom stereocenters. The molecule has 18 heavy (non-hydrogen) atoms. The molecule has 0 aliphatic rings. The molecule has 0 rings (SSSR count). The van der Waals surface area contributed by atoms with Crippen LogP contribution < -0.4 is 0 Å². The molecule has 0 fully saturated rings. The van der Waals surface area contributed by atoms with Gasteiger partial charge >= 0.3 is 0 Å². The van der Waals surface area contributed by atoms with E-state index in [1.165, 1.54) is 0 Å². The molecule has 2 heteroatoms. The Hall–Kier alpha value is 0.240. The summed E-state index contributed by atoms with van der Waals surface area (Å²) in [6.45, 7) is 5.60. The zero-order valence-corrected chi connectivity index (χ0v) is 11.4. The molecule has 0 N–H and O–H groups in total. The van der Waals surface area contributed by atoms with Gasteiger partial charge in [0, 0.05) is 37.2 Å². The third kappa shape index (κ3) is 72.0. The van der Waals surface area contributed by atoms with E-state index in [4.69, 9.17) is 0 Å². The standard InChI is InChI=1S/C10H12.6CH4.I2/c1-3-5-7-9-10-8-6-4-2;;;;;;;1-2/h3,5-7,9H,1,4H2,2H3;6*1H4;. The normalized spacial score (nSPS) is 4.83. The predicted molar refractivity (Wildman–Crippen MR) is 114 cm³/mol. The van der Waals surface area contributed by atoms with Gasteiger partial charge in [-0.1, -0.05) is 87.8 Å². The van der Waals surface area contributed by atoms with Crippen LogP contribution >= 0.6 is 37.2 Å². The van der Waals surface area contributed by atoms with Crippen molar-refractivity contribution in [3.05, 3.63) is 48.4 Å². The van der Waals surface area contributed by atoms with Gasteiger partial charge in [0.05, 0.1) is 0 Å². The van der Waals surface area contributed by atoms with E-state index in [2.05, 4.69) is 62.2 Å². The zero-order valence-electron chi connectivity index (χ0n) is 7.06. The van der Waals surface area contributed by atoms with Crippen LogP contribution in [0.1, 0.15) is 57.9 Å². The van der Waals surface area contributed by atoms with Crippen molar-refractivity contribution in [1.82, 2.24) is 0 Å². The van der Waals surface area contributed by atoms with Crippen LogP contribution in [0.5, 0.6) is 0 Å². The van der Waals surface area contributed by atoms with Gasteiger partial charge in [-0.05, 0) is 18.6 Å². The third-order valence-corrected chi connectivity index (χ3v) is 0.816. The molecule has 0 atom stereocenters. The summed E-state index contributed by atoms with van der Waals surface area (Å²) >= 11 is 4.24. The summed E-state index contributed by atoms with van der Waals surface area (Å²) in [6, 6.07) is 0. The minimum Gasteiger partial charge on any atom is -0.0991 e. The van der Waals surface area contributed by atoms with Gasteiger partial charge < -0.3 is 0 Å². The summed E-state index contributed by atoms with van der Waals surface area (Å²) in [7, 11) is 0. The van der Waals surface area contributed by atoms with Crippen LogP contribution in [0.25, 0.3) is 0 Å². The first-order valence-corrected chi connectivity index (χ1v) is 9.78. The van der Waals surface area contributed by atoms with Gasteiger partial charge in [0.15, 0.2) is 0 Å². The second-order valence-corrected chi connectivity index (χ2v) is 1.69. The number of allylic oxidation sites excluding steroid dienone is 5. The SMILES string of the molecule is C.C.C.C.C.C.C=CC=CC=C=C=CCC.II. The molecule has 0 aromatic heterocycles. The highest BCUT2D eigenvalue weighted by atomic mass is 128. The van der Waals surface area contributed by atoms with Crippen molar-refractivity contribution in [3.8, 4) is 0 Å². The van der Waals surface area contributed by atoms with E-state index in [0.29, 0.717) is 0 Å². The second kappa shape index (κ2) is 67.0. The van der Waals surface area contributed by atoms with Gasteiger partial charge in [0.1, 0.15) is 0 Å². The molecule has 0 saturated carbocycles. The molecule has 0 aromatic carbocycles. The topological polar surface area (TPSA) is 0 Å². The summed E-state index contributed by atoms with van der Waals surface area (Å²) in [6.07, 6.45) is 10.2. The molecule has 0 aliphatic carbocycles. The van der Waals surface area contributed by atoms with Crippen molar-refractivity contribution in [2.75, 3.05) is 0 Å². The highest BCUT2D eigenvalue weighted by Gasteiger charge is 1.55. The molecule has 0 nitrogen and oxygen atoms in total. The molecule has 0 radical (unpaired) electrons. The van der Waals surface area contributed by atoms with Crippen molar-refractivity contribution in [2.45, 2.75) is 57.9 Å². The molecule has 0 spiro atoms. The maximum absolute atomic E-state index is 3.53. The lowest BCUT2D eigenvalue weighted by Gasteiger charge is -1.64. The van der Waals surface area contributed by atoms with Crippen LogP contribution in [-0.4, -0.2) is 0 Å². The number of halogens is 2. The van der Waals surface area contributed by atoms with Crippen LogP contribution in [0.15, 0.2) is 48.4 Å². The predicted octanol–water partition coefficient (Wildman–Crippen LogP) is 8.59. The van der Waals surface area contributed by atoms with E-state index in [9.17, 15) is 0 Å². The van der Waals surface area contributed by atoms with E-state index < -0.39 is 0 Å². The van der Waals surface area contributed by atoms with Crippen LogP contribution in [0.4, 0.5) is 0 Å². The van der Waals surface area contributed by atoms with Gasteiger partial charge in [0.25, 0.3) is 0 Å². The number of hydrogen-bond acceptors (Lipinski definition) is 0. The average molecular weight is 482 g/mol. The Morgan fingerprint density at radius 1 is 0.889 bits per heavy atom. The highest BCUT2D eigenvalue weighted by Crippen LogP contribution is 1.89. The molecule has 0 saturated heterocycles.